The number of nitrogens with one attached hydrogen (secondary N) is 1. The Morgan fingerprint density at radius 2 is 1.82 bits per heavy atom. The molecule has 2 heterocycles. The third-order valence-electron chi connectivity index (χ3n) is 4.91. The third kappa shape index (κ3) is 3.58. The highest BCUT2D eigenvalue weighted by atomic mass is 16.5. The molecule has 28 heavy (non-hydrogen) atoms. The van der Waals surface area contributed by atoms with Gasteiger partial charge in [-0.2, -0.15) is 0 Å². The van der Waals surface area contributed by atoms with Crippen LogP contribution in [0.1, 0.15) is 17.0 Å². The second-order valence-electron chi connectivity index (χ2n) is 6.73. The Morgan fingerprint density at radius 3 is 2.64 bits per heavy atom. The van der Waals surface area contributed by atoms with E-state index in [1.165, 1.54) is 11.3 Å². The number of benzene rings is 2. The number of rotatable bonds is 6. The Kier molecular flexibility index (Phi) is 5.02. The first-order valence-electron chi connectivity index (χ1n) is 9.34. The molecule has 0 atom stereocenters. The second kappa shape index (κ2) is 7.76. The standard InChI is InChI=1S/C22H24N4O2/c1-15-24-21(23-14-16-8-9-19(27-2)20(12-16)28-3)13-22(25-15)26-11-10-17-6-4-5-7-18(17)26/h4-9,12-13H,10-11,14H2,1-3H3,(H,23,24,25). The molecular weight excluding hydrogens is 352 g/mol. The van der Waals surface area contributed by atoms with Gasteiger partial charge in [0.1, 0.15) is 17.5 Å². The number of anilines is 3. The summed E-state index contributed by atoms with van der Waals surface area (Å²) in [6, 6.07) is 16.4. The van der Waals surface area contributed by atoms with E-state index in [4.69, 9.17) is 9.47 Å². The van der Waals surface area contributed by atoms with Crippen molar-refractivity contribution in [2.45, 2.75) is 19.9 Å². The molecule has 0 fully saturated rings. The molecule has 3 aromatic rings. The van der Waals surface area contributed by atoms with Crippen molar-refractivity contribution in [2.75, 3.05) is 31.0 Å². The Morgan fingerprint density at radius 1 is 1.00 bits per heavy atom. The highest BCUT2D eigenvalue weighted by molar-refractivity contribution is 5.69. The monoisotopic (exact) mass is 376 g/mol. The SMILES string of the molecule is COc1ccc(CNc2cc(N3CCc4ccccc43)nc(C)n2)cc1OC. The molecule has 0 saturated carbocycles. The van der Waals surface area contributed by atoms with E-state index >= 15 is 0 Å². The molecular formula is C22H24N4O2. The van der Waals surface area contributed by atoms with Crippen molar-refractivity contribution in [1.82, 2.24) is 9.97 Å². The molecule has 6 heteroatoms. The lowest BCUT2D eigenvalue weighted by Gasteiger charge is -2.19. The van der Waals surface area contributed by atoms with Crippen LogP contribution in [0.2, 0.25) is 0 Å². The fourth-order valence-corrected chi connectivity index (χ4v) is 3.54. The van der Waals surface area contributed by atoms with Gasteiger partial charge in [0.05, 0.1) is 14.2 Å². The van der Waals surface area contributed by atoms with Gasteiger partial charge in [0.15, 0.2) is 11.5 Å². The Labute approximate surface area is 165 Å². The Hall–Kier alpha value is -3.28. The van der Waals surface area contributed by atoms with Crippen molar-refractivity contribution in [3.8, 4) is 11.5 Å². The summed E-state index contributed by atoms with van der Waals surface area (Å²) in [5.41, 5.74) is 3.67. The van der Waals surface area contributed by atoms with Crippen LogP contribution in [0.25, 0.3) is 0 Å². The van der Waals surface area contributed by atoms with Crippen LogP contribution in [0.15, 0.2) is 48.5 Å². The predicted octanol–water partition coefficient (Wildman–Crippen LogP) is 4.11. The first-order chi connectivity index (χ1) is 13.7. The largest absolute Gasteiger partial charge is 0.493 e. The molecule has 6 nitrogen and oxygen atoms in total. The molecule has 2 aromatic carbocycles. The number of methoxy groups -OCH3 is 2. The van der Waals surface area contributed by atoms with Gasteiger partial charge in [0, 0.05) is 24.8 Å². The minimum Gasteiger partial charge on any atom is -0.493 e. The van der Waals surface area contributed by atoms with Gasteiger partial charge in [0.2, 0.25) is 0 Å². The number of aryl methyl sites for hydroxylation is 1. The molecule has 0 saturated heterocycles. The number of nitrogens with zero attached hydrogens (tertiary/aromatic N) is 3. The predicted molar refractivity (Wildman–Crippen MR) is 111 cm³/mol. The fourth-order valence-electron chi connectivity index (χ4n) is 3.54. The molecule has 1 aliphatic rings. The average molecular weight is 376 g/mol. The van der Waals surface area contributed by atoms with Crippen LogP contribution in [0.4, 0.5) is 17.3 Å². The van der Waals surface area contributed by atoms with Crippen LogP contribution in [-0.2, 0) is 13.0 Å². The Balaban J connectivity index is 1.54. The molecule has 0 radical (unpaired) electrons. The highest BCUT2D eigenvalue weighted by Gasteiger charge is 2.21. The molecule has 0 amide bonds. The molecule has 1 aliphatic heterocycles. The summed E-state index contributed by atoms with van der Waals surface area (Å²) in [6.45, 7) is 3.49. The van der Waals surface area contributed by atoms with Crippen LogP contribution in [0, 0.1) is 6.92 Å². The first-order valence-corrected chi connectivity index (χ1v) is 9.34. The zero-order valence-corrected chi connectivity index (χ0v) is 16.4. The topological polar surface area (TPSA) is 59.5 Å². The smallest absolute Gasteiger partial charge is 0.161 e. The number of ether oxygens (including phenoxy) is 2. The number of aromatic nitrogens is 2. The van der Waals surface area contributed by atoms with E-state index in [0.29, 0.717) is 6.54 Å². The minimum absolute atomic E-state index is 0.632. The summed E-state index contributed by atoms with van der Waals surface area (Å²) < 4.78 is 10.7. The summed E-state index contributed by atoms with van der Waals surface area (Å²) in [4.78, 5) is 11.5. The fraction of sp³-hybridized carbons (Fsp3) is 0.273. The van der Waals surface area contributed by atoms with E-state index in [1.54, 1.807) is 14.2 Å². The van der Waals surface area contributed by atoms with Gasteiger partial charge in [-0.1, -0.05) is 24.3 Å². The van der Waals surface area contributed by atoms with Crippen molar-refractivity contribution >= 4 is 17.3 Å². The summed E-state index contributed by atoms with van der Waals surface area (Å²) in [5.74, 6) is 3.92. The molecule has 1 aromatic heterocycles. The van der Waals surface area contributed by atoms with Crippen molar-refractivity contribution in [1.29, 1.82) is 0 Å². The minimum atomic E-state index is 0.632. The van der Waals surface area contributed by atoms with Gasteiger partial charge in [0.25, 0.3) is 0 Å². The van der Waals surface area contributed by atoms with Gasteiger partial charge in [-0.3, -0.25) is 0 Å². The average Bonchev–Trinajstić information content (AvgIpc) is 3.16. The van der Waals surface area contributed by atoms with Crippen molar-refractivity contribution in [3.05, 3.63) is 65.5 Å². The highest BCUT2D eigenvalue weighted by Crippen LogP contribution is 2.34. The normalized spacial score (nSPS) is 12.6. The molecule has 0 unspecified atom stereocenters. The zero-order chi connectivity index (χ0) is 19.5. The maximum Gasteiger partial charge on any atom is 0.161 e. The van der Waals surface area contributed by atoms with Crippen LogP contribution >= 0.6 is 0 Å². The molecule has 0 spiro atoms. The van der Waals surface area contributed by atoms with Crippen molar-refractivity contribution in [2.24, 2.45) is 0 Å². The second-order valence-corrected chi connectivity index (χ2v) is 6.73. The molecule has 1 N–H and O–H groups in total. The van der Waals surface area contributed by atoms with E-state index < -0.39 is 0 Å². The van der Waals surface area contributed by atoms with Crippen LogP contribution in [0.5, 0.6) is 11.5 Å². The van der Waals surface area contributed by atoms with Crippen molar-refractivity contribution in [3.63, 3.8) is 0 Å². The molecule has 0 aliphatic carbocycles. The van der Waals surface area contributed by atoms with Gasteiger partial charge in [-0.05, 0) is 42.7 Å². The lowest BCUT2D eigenvalue weighted by molar-refractivity contribution is 0.354. The van der Waals surface area contributed by atoms with Gasteiger partial charge >= 0.3 is 0 Å². The summed E-state index contributed by atoms with van der Waals surface area (Å²) in [7, 11) is 3.28. The Bertz CT molecular complexity index is 990. The van der Waals surface area contributed by atoms with E-state index in [0.717, 1.165) is 47.5 Å². The van der Waals surface area contributed by atoms with Crippen LogP contribution in [0.3, 0.4) is 0 Å². The van der Waals surface area contributed by atoms with E-state index in [-0.39, 0.29) is 0 Å². The van der Waals surface area contributed by atoms with Crippen LogP contribution < -0.4 is 19.7 Å². The van der Waals surface area contributed by atoms with E-state index in [1.807, 2.05) is 31.2 Å². The third-order valence-corrected chi connectivity index (χ3v) is 4.91. The van der Waals surface area contributed by atoms with Gasteiger partial charge in [-0.15, -0.1) is 0 Å². The van der Waals surface area contributed by atoms with Crippen molar-refractivity contribution < 1.29 is 9.47 Å². The number of para-hydroxylation sites is 1. The zero-order valence-electron chi connectivity index (χ0n) is 16.4. The lowest BCUT2D eigenvalue weighted by Crippen LogP contribution is -2.16. The van der Waals surface area contributed by atoms with Gasteiger partial charge < -0.3 is 19.7 Å². The summed E-state index contributed by atoms with van der Waals surface area (Å²) in [5, 5.41) is 3.40. The number of hydrogen-bond acceptors (Lipinski definition) is 6. The molecule has 144 valence electrons. The van der Waals surface area contributed by atoms with E-state index in [2.05, 4.69) is 44.5 Å². The molecule has 0 bridgehead atoms. The molecule has 4 rings (SSSR count). The summed E-state index contributed by atoms with van der Waals surface area (Å²) >= 11 is 0. The lowest BCUT2D eigenvalue weighted by atomic mass is 10.2. The number of hydrogen-bond donors (Lipinski definition) is 1. The van der Waals surface area contributed by atoms with Crippen LogP contribution in [-0.4, -0.2) is 30.7 Å². The maximum atomic E-state index is 5.38. The first kappa shape index (κ1) is 18.1. The summed E-state index contributed by atoms with van der Waals surface area (Å²) in [6.07, 6.45) is 1.04. The van der Waals surface area contributed by atoms with Gasteiger partial charge in [-0.25, -0.2) is 9.97 Å². The number of fused-ring (bicyclic) bond motifs is 1. The maximum absolute atomic E-state index is 5.38. The quantitative estimate of drug-likeness (QED) is 0.699. The van der Waals surface area contributed by atoms with E-state index in [9.17, 15) is 0 Å².